The summed E-state index contributed by atoms with van der Waals surface area (Å²) in [5.74, 6) is -2.30. The van der Waals surface area contributed by atoms with Crippen LogP contribution >= 0.6 is 0 Å². The van der Waals surface area contributed by atoms with E-state index < -0.39 is 30.5 Å². The molecular formula is C29H36F4N2O3. The fraction of sp³-hybridized carbons (Fsp3) is 0.414. The number of carbonyl (C=O) groups excluding carboxylic acids is 2. The molecular weight excluding hydrogens is 500 g/mol. The van der Waals surface area contributed by atoms with E-state index in [1.807, 2.05) is 24.3 Å². The van der Waals surface area contributed by atoms with Gasteiger partial charge in [0.15, 0.2) is 0 Å². The maximum Gasteiger partial charge on any atom is 0.430 e. The van der Waals surface area contributed by atoms with Crippen LogP contribution in [0.4, 0.5) is 17.6 Å². The van der Waals surface area contributed by atoms with Crippen LogP contribution < -0.4 is 5.32 Å². The number of hydrogen-bond acceptors (Lipinski definition) is 4. The Balaban J connectivity index is 2.26. The summed E-state index contributed by atoms with van der Waals surface area (Å²) in [6.07, 6.45) is 16.7. The van der Waals surface area contributed by atoms with Crippen LogP contribution in [0.3, 0.4) is 0 Å². The molecule has 1 N–H and O–H groups in total. The van der Waals surface area contributed by atoms with E-state index >= 15 is 0 Å². The summed E-state index contributed by atoms with van der Waals surface area (Å²) in [5, 5.41) is 1.63. The van der Waals surface area contributed by atoms with Crippen molar-refractivity contribution in [2.24, 2.45) is 0 Å². The second kappa shape index (κ2) is 19.6. The first-order valence-electron chi connectivity index (χ1n) is 12.6. The Labute approximate surface area is 222 Å². The molecule has 38 heavy (non-hydrogen) atoms. The third-order valence-electron chi connectivity index (χ3n) is 4.95. The number of rotatable bonds is 17. The van der Waals surface area contributed by atoms with E-state index in [1.165, 1.54) is 18.3 Å². The highest BCUT2D eigenvalue weighted by Gasteiger charge is 2.49. The van der Waals surface area contributed by atoms with Crippen molar-refractivity contribution in [3.8, 4) is 0 Å². The van der Waals surface area contributed by atoms with Crippen LogP contribution in [0, 0.1) is 0 Å². The van der Waals surface area contributed by atoms with Crippen molar-refractivity contribution in [2.75, 3.05) is 0 Å². The summed E-state index contributed by atoms with van der Waals surface area (Å²) >= 11 is 0. The predicted molar refractivity (Wildman–Crippen MR) is 141 cm³/mol. The number of carbonyl (C=O) groups is 2. The van der Waals surface area contributed by atoms with Crippen molar-refractivity contribution < 1.29 is 31.9 Å². The summed E-state index contributed by atoms with van der Waals surface area (Å²) in [6.45, 7) is 2.11. The first kappa shape index (κ1) is 32.5. The minimum atomic E-state index is -5.21. The normalized spacial score (nSPS) is 14.2. The van der Waals surface area contributed by atoms with E-state index in [4.69, 9.17) is 0 Å². The van der Waals surface area contributed by atoms with Gasteiger partial charge in [-0.3, -0.25) is 9.78 Å². The number of amides is 1. The molecule has 0 saturated carbocycles. The van der Waals surface area contributed by atoms with Gasteiger partial charge >= 0.3 is 12.1 Å². The zero-order valence-corrected chi connectivity index (χ0v) is 21.6. The largest absolute Gasteiger partial charge is 0.444 e. The van der Waals surface area contributed by atoms with E-state index in [0.717, 1.165) is 31.9 Å². The molecule has 2 unspecified atom stereocenters. The Morgan fingerprint density at radius 1 is 0.947 bits per heavy atom. The molecule has 208 valence electrons. The smallest absolute Gasteiger partial charge is 0.430 e. The molecule has 1 aromatic heterocycles. The van der Waals surface area contributed by atoms with Crippen LogP contribution in [0.2, 0.25) is 0 Å². The first-order valence-corrected chi connectivity index (χ1v) is 12.6. The SMILES string of the molecule is CC/C=C\C/C=C\C/C=C\C/C=C\C/C=C\CCCC(=O)NC(F)C(OC(=O)c1cccnc1)C(F)(F)F. The summed E-state index contributed by atoms with van der Waals surface area (Å²) in [4.78, 5) is 27.4. The van der Waals surface area contributed by atoms with Crippen molar-refractivity contribution in [2.45, 2.75) is 76.9 Å². The monoisotopic (exact) mass is 536 g/mol. The number of aromatic nitrogens is 1. The number of esters is 1. The Bertz CT molecular complexity index is 954. The van der Waals surface area contributed by atoms with Gasteiger partial charge in [0.25, 0.3) is 0 Å². The summed E-state index contributed by atoms with van der Waals surface area (Å²) in [7, 11) is 0. The molecule has 1 rings (SSSR count). The van der Waals surface area contributed by atoms with E-state index in [0.29, 0.717) is 19.3 Å². The second-order valence-corrected chi connectivity index (χ2v) is 8.18. The number of nitrogens with zero attached hydrogens (tertiary/aromatic N) is 1. The summed E-state index contributed by atoms with van der Waals surface area (Å²) in [5.41, 5.74) is -0.266. The maximum absolute atomic E-state index is 14.2. The highest BCUT2D eigenvalue weighted by Crippen LogP contribution is 2.27. The van der Waals surface area contributed by atoms with Gasteiger partial charge < -0.3 is 10.1 Å². The fourth-order valence-electron chi connectivity index (χ4n) is 3.01. The molecule has 0 radical (unpaired) electrons. The zero-order chi connectivity index (χ0) is 28.1. The number of alkyl halides is 4. The van der Waals surface area contributed by atoms with Crippen LogP contribution in [-0.4, -0.2) is 35.4 Å². The summed E-state index contributed by atoms with van der Waals surface area (Å²) < 4.78 is 58.1. The molecule has 9 heteroatoms. The van der Waals surface area contributed by atoms with Gasteiger partial charge in [-0.15, -0.1) is 0 Å². The number of allylic oxidation sites excluding steroid dienone is 10. The quantitative estimate of drug-likeness (QED) is 0.0736. The van der Waals surface area contributed by atoms with Crippen molar-refractivity contribution >= 4 is 11.9 Å². The number of unbranched alkanes of at least 4 members (excludes halogenated alkanes) is 1. The minimum absolute atomic E-state index is 0.171. The molecule has 1 amide bonds. The predicted octanol–water partition coefficient (Wildman–Crippen LogP) is 7.50. The first-order chi connectivity index (χ1) is 18.3. The Hall–Kier alpha value is -3.49. The molecule has 0 aromatic carbocycles. The average molecular weight is 537 g/mol. The van der Waals surface area contributed by atoms with Crippen LogP contribution in [0.5, 0.6) is 0 Å². The highest BCUT2D eigenvalue weighted by molar-refractivity contribution is 5.89. The van der Waals surface area contributed by atoms with Crippen LogP contribution in [0.1, 0.15) is 68.6 Å². The molecule has 0 spiro atoms. The molecule has 0 aliphatic carbocycles. The Morgan fingerprint density at radius 3 is 2.00 bits per heavy atom. The van der Waals surface area contributed by atoms with Gasteiger partial charge in [0, 0.05) is 18.8 Å². The van der Waals surface area contributed by atoms with E-state index in [1.54, 1.807) is 5.32 Å². The van der Waals surface area contributed by atoms with E-state index in [2.05, 4.69) is 53.1 Å². The lowest BCUT2D eigenvalue weighted by atomic mass is 10.2. The van der Waals surface area contributed by atoms with E-state index in [-0.39, 0.29) is 12.0 Å². The van der Waals surface area contributed by atoms with Gasteiger partial charge in [-0.2, -0.15) is 13.2 Å². The molecule has 2 atom stereocenters. The number of pyridine rings is 1. The van der Waals surface area contributed by atoms with E-state index in [9.17, 15) is 27.2 Å². The molecule has 1 heterocycles. The highest BCUT2D eigenvalue weighted by atomic mass is 19.4. The molecule has 1 aromatic rings. The lowest BCUT2D eigenvalue weighted by molar-refractivity contribution is -0.224. The Kier molecular flexibility index (Phi) is 16.8. The number of ether oxygens (including phenoxy) is 1. The van der Waals surface area contributed by atoms with Gasteiger partial charge in [0.05, 0.1) is 5.56 Å². The lowest BCUT2D eigenvalue weighted by Gasteiger charge is -2.24. The second-order valence-electron chi connectivity index (χ2n) is 8.18. The molecule has 5 nitrogen and oxygen atoms in total. The van der Waals surface area contributed by atoms with Crippen molar-refractivity contribution in [1.82, 2.24) is 10.3 Å². The molecule has 0 saturated heterocycles. The van der Waals surface area contributed by atoms with Crippen molar-refractivity contribution in [3.05, 3.63) is 90.9 Å². The molecule has 0 bridgehead atoms. The molecule has 0 aliphatic heterocycles. The number of hydrogen-bond donors (Lipinski definition) is 1. The number of halogens is 4. The third-order valence-corrected chi connectivity index (χ3v) is 4.95. The third kappa shape index (κ3) is 15.6. The standard InChI is InChI=1S/C29H36F4N2O3/c1-2-3-4-5-6-7-8-9-10-11-12-13-14-15-16-17-18-21-25(36)35-27(30)26(29(31,32)33)38-28(37)24-20-19-22-34-23-24/h3-4,6-7,9-10,12-13,15-16,19-20,22-23,26-27H,2,5,8,11,14,17-18,21H2,1H3,(H,35,36)/b4-3-,7-6-,10-9-,13-12-,16-15-. The average Bonchev–Trinajstić information content (AvgIpc) is 2.88. The Morgan fingerprint density at radius 2 is 1.50 bits per heavy atom. The van der Waals surface area contributed by atoms with Gasteiger partial charge in [-0.1, -0.05) is 67.7 Å². The number of nitrogens with one attached hydrogen (secondary N) is 1. The topological polar surface area (TPSA) is 68.3 Å². The van der Waals surface area contributed by atoms with Crippen LogP contribution in [-0.2, 0) is 9.53 Å². The van der Waals surface area contributed by atoms with Gasteiger partial charge in [0.2, 0.25) is 18.3 Å². The van der Waals surface area contributed by atoms with Crippen LogP contribution in [0.25, 0.3) is 0 Å². The minimum Gasteiger partial charge on any atom is -0.444 e. The molecule has 0 fully saturated rings. The van der Waals surface area contributed by atoms with Crippen LogP contribution in [0.15, 0.2) is 85.3 Å². The van der Waals surface area contributed by atoms with Crippen molar-refractivity contribution in [1.29, 1.82) is 0 Å². The maximum atomic E-state index is 14.2. The molecule has 0 aliphatic rings. The lowest BCUT2D eigenvalue weighted by Crippen LogP contribution is -2.49. The van der Waals surface area contributed by atoms with Crippen molar-refractivity contribution in [3.63, 3.8) is 0 Å². The van der Waals surface area contributed by atoms with Gasteiger partial charge in [-0.25, -0.2) is 9.18 Å². The fourth-order valence-corrected chi connectivity index (χ4v) is 3.01. The van der Waals surface area contributed by atoms with Gasteiger partial charge in [-0.05, 0) is 57.1 Å². The zero-order valence-electron chi connectivity index (χ0n) is 21.6. The summed E-state index contributed by atoms with van der Waals surface area (Å²) in [6, 6.07) is 2.51. The van der Waals surface area contributed by atoms with Gasteiger partial charge in [0.1, 0.15) is 0 Å².